The van der Waals surface area contributed by atoms with Gasteiger partial charge in [0.25, 0.3) is 0 Å². The molecule has 0 aliphatic heterocycles. The zero-order valence-corrected chi connectivity index (χ0v) is 11.4. The Hall–Kier alpha value is -0.770. The summed E-state index contributed by atoms with van der Waals surface area (Å²) in [5.41, 5.74) is 2.83. The fraction of sp³-hybridized carbons (Fsp3) is 0.538. The van der Waals surface area contributed by atoms with Crippen molar-refractivity contribution in [3.63, 3.8) is 0 Å². The summed E-state index contributed by atoms with van der Waals surface area (Å²) in [4.78, 5) is 0. The monoisotopic (exact) mass is 256 g/mol. The van der Waals surface area contributed by atoms with Gasteiger partial charge in [0.15, 0.2) is 0 Å². The fourth-order valence-corrected chi connectivity index (χ4v) is 2.02. The Bertz CT molecular complexity index is 346. The van der Waals surface area contributed by atoms with Crippen molar-refractivity contribution in [2.24, 2.45) is 11.8 Å². The van der Waals surface area contributed by atoms with Crippen molar-refractivity contribution in [2.75, 3.05) is 0 Å². The minimum atomic E-state index is -0.00610. The Morgan fingerprint density at radius 1 is 1.41 bits per heavy atom. The maximum absolute atomic E-state index is 5.91. The molecular weight excluding hydrogens is 236 g/mol. The lowest BCUT2D eigenvalue weighted by Crippen LogP contribution is -2.49. The van der Waals surface area contributed by atoms with E-state index in [0.717, 1.165) is 12.2 Å². The van der Waals surface area contributed by atoms with Crippen molar-refractivity contribution in [3.05, 3.63) is 29.3 Å². The van der Waals surface area contributed by atoms with Crippen LogP contribution in [0, 0.1) is 5.92 Å². The third-order valence-corrected chi connectivity index (χ3v) is 3.31. The van der Waals surface area contributed by atoms with E-state index in [9.17, 15) is 0 Å². The molecule has 1 aromatic carbocycles. The van der Waals surface area contributed by atoms with Crippen LogP contribution in [0.15, 0.2) is 24.3 Å². The zero-order valence-electron chi connectivity index (χ0n) is 10.6. The summed E-state index contributed by atoms with van der Waals surface area (Å²) in [6.07, 6.45) is 1.05. The molecule has 3 atom stereocenters. The van der Waals surface area contributed by atoms with Crippen LogP contribution >= 0.6 is 11.6 Å². The molecule has 3 unspecified atom stereocenters. The average molecular weight is 257 g/mol. The number of rotatable bonds is 6. The Labute approximate surface area is 108 Å². The molecule has 3 nitrogen and oxygen atoms in total. The summed E-state index contributed by atoms with van der Waals surface area (Å²) < 4.78 is 5.84. The normalized spacial score (nSPS) is 16.3. The second kappa shape index (κ2) is 6.84. The molecule has 0 saturated carbocycles. The Balaban J connectivity index is 2.66. The van der Waals surface area contributed by atoms with Gasteiger partial charge in [-0.15, -0.1) is 0 Å². The highest BCUT2D eigenvalue weighted by Gasteiger charge is 2.22. The van der Waals surface area contributed by atoms with Crippen molar-refractivity contribution < 1.29 is 4.74 Å². The van der Waals surface area contributed by atoms with Crippen molar-refractivity contribution in [1.29, 1.82) is 0 Å². The highest BCUT2D eigenvalue weighted by atomic mass is 35.5. The van der Waals surface area contributed by atoms with E-state index in [2.05, 4.69) is 19.3 Å². The molecule has 1 aromatic rings. The van der Waals surface area contributed by atoms with Gasteiger partial charge in [0.2, 0.25) is 0 Å². The quantitative estimate of drug-likeness (QED) is 0.608. The predicted octanol–water partition coefficient (Wildman–Crippen LogP) is 2.99. The van der Waals surface area contributed by atoms with E-state index in [4.69, 9.17) is 22.2 Å². The molecule has 0 fully saturated rings. The smallest absolute Gasteiger partial charge is 0.121 e. The highest BCUT2D eigenvalue weighted by Crippen LogP contribution is 2.21. The second-order valence-corrected chi connectivity index (χ2v) is 4.79. The number of hydrazine groups is 1. The summed E-state index contributed by atoms with van der Waals surface area (Å²) >= 11 is 5.91. The maximum Gasteiger partial charge on any atom is 0.121 e. The van der Waals surface area contributed by atoms with Gasteiger partial charge in [-0.25, -0.2) is 0 Å². The van der Waals surface area contributed by atoms with Crippen molar-refractivity contribution in [1.82, 2.24) is 5.43 Å². The summed E-state index contributed by atoms with van der Waals surface area (Å²) in [5, 5.41) is 0.676. The molecule has 1 rings (SSSR count). The summed E-state index contributed by atoms with van der Waals surface area (Å²) in [6.45, 7) is 6.31. The topological polar surface area (TPSA) is 47.3 Å². The predicted molar refractivity (Wildman–Crippen MR) is 72.1 cm³/mol. The van der Waals surface area contributed by atoms with Crippen LogP contribution in [0.1, 0.15) is 27.2 Å². The van der Waals surface area contributed by atoms with Crippen LogP contribution in [0.2, 0.25) is 5.02 Å². The standard InChI is InChI=1S/C13H21ClN2O/c1-4-9(2)13(16-15)10(3)17-12-7-5-6-11(14)8-12/h5-10,13,16H,4,15H2,1-3H3. The lowest BCUT2D eigenvalue weighted by atomic mass is 9.95. The molecule has 0 bridgehead atoms. The van der Waals surface area contributed by atoms with E-state index in [-0.39, 0.29) is 12.1 Å². The molecule has 0 saturated heterocycles. The first-order chi connectivity index (χ1) is 8.08. The molecule has 0 aliphatic rings. The van der Waals surface area contributed by atoms with Gasteiger partial charge in [0.05, 0.1) is 6.04 Å². The first-order valence-corrected chi connectivity index (χ1v) is 6.34. The summed E-state index contributed by atoms with van der Waals surface area (Å²) in [5.74, 6) is 6.80. The van der Waals surface area contributed by atoms with E-state index in [1.807, 2.05) is 31.2 Å². The first-order valence-electron chi connectivity index (χ1n) is 5.96. The molecule has 0 amide bonds. The van der Waals surface area contributed by atoms with Crippen molar-refractivity contribution in [2.45, 2.75) is 39.3 Å². The molecule has 3 N–H and O–H groups in total. The fourth-order valence-electron chi connectivity index (χ4n) is 1.84. The van der Waals surface area contributed by atoms with Crippen LogP contribution in [0.5, 0.6) is 5.75 Å². The summed E-state index contributed by atoms with van der Waals surface area (Å²) in [6, 6.07) is 7.53. The SMILES string of the molecule is CCC(C)C(NN)C(C)Oc1cccc(Cl)c1. The lowest BCUT2D eigenvalue weighted by molar-refractivity contribution is 0.138. The first kappa shape index (κ1) is 14.3. The molecule has 0 spiro atoms. The van der Waals surface area contributed by atoms with Crippen LogP contribution in [-0.4, -0.2) is 12.1 Å². The van der Waals surface area contributed by atoms with Gasteiger partial charge in [-0.3, -0.25) is 11.3 Å². The lowest BCUT2D eigenvalue weighted by Gasteiger charge is -2.28. The van der Waals surface area contributed by atoms with Gasteiger partial charge in [-0.2, -0.15) is 0 Å². The van der Waals surface area contributed by atoms with Crippen LogP contribution in [-0.2, 0) is 0 Å². The molecule has 0 aromatic heterocycles. The Morgan fingerprint density at radius 2 is 2.12 bits per heavy atom. The number of nitrogens with two attached hydrogens (primary N) is 1. The number of nitrogens with one attached hydrogen (secondary N) is 1. The second-order valence-electron chi connectivity index (χ2n) is 4.36. The Kier molecular flexibility index (Phi) is 5.75. The number of ether oxygens (including phenoxy) is 1. The van der Waals surface area contributed by atoms with Crippen LogP contribution in [0.3, 0.4) is 0 Å². The molecule has 17 heavy (non-hydrogen) atoms. The van der Waals surface area contributed by atoms with Gasteiger partial charge in [0, 0.05) is 5.02 Å². The van der Waals surface area contributed by atoms with E-state index >= 15 is 0 Å². The van der Waals surface area contributed by atoms with E-state index < -0.39 is 0 Å². The van der Waals surface area contributed by atoms with Gasteiger partial charge in [-0.1, -0.05) is 37.9 Å². The third-order valence-electron chi connectivity index (χ3n) is 3.07. The molecule has 0 heterocycles. The van der Waals surface area contributed by atoms with E-state index in [1.54, 1.807) is 0 Å². The largest absolute Gasteiger partial charge is 0.489 e. The molecule has 96 valence electrons. The zero-order chi connectivity index (χ0) is 12.8. The number of hydrogen-bond acceptors (Lipinski definition) is 3. The molecule has 0 aliphatic carbocycles. The minimum absolute atomic E-state index is 0.00610. The van der Waals surface area contributed by atoms with Crippen LogP contribution < -0.4 is 16.0 Å². The Morgan fingerprint density at radius 3 is 2.65 bits per heavy atom. The van der Waals surface area contributed by atoms with Crippen molar-refractivity contribution in [3.8, 4) is 5.75 Å². The van der Waals surface area contributed by atoms with Gasteiger partial charge < -0.3 is 4.74 Å². The summed E-state index contributed by atoms with van der Waals surface area (Å²) in [7, 11) is 0. The minimum Gasteiger partial charge on any atom is -0.489 e. The van der Waals surface area contributed by atoms with Gasteiger partial charge in [-0.05, 0) is 31.0 Å². The van der Waals surface area contributed by atoms with Gasteiger partial charge >= 0.3 is 0 Å². The van der Waals surface area contributed by atoms with Crippen LogP contribution in [0.4, 0.5) is 0 Å². The van der Waals surface area contributed by atoms with Crippen molar-refractivity contribution >= 4 is 11.6 Å². The maximum atomic E-state index is 5.91. The number of halogens is 1. The molecule has 4 heteroatoms. The van der Waals surface area contributed by atoms with E-state index in [0.29, 0.717) is 10.9 Å². The third kappa shape index (κ3) is 4.19. The average Bonchev–Trinajstić information content (AvgIpc) is 2.29. The van der Waals surface area contributed by atoms with Crippen LogP contribution in [0.25, 0.3) is 0 Å². The molecular formula is C13H21ClN2O. The van der Waals surface area contributed by atoms with E-state index in [1.165, 1.54) is 0 Å². The molecule has 0 radical (unpaired) electrons. The van der Waals surface area contributed by atoms with Gasteiger partial charge in [0.1, 0.15) is 11.9 Å². The highest BCUT2D eigenvalue weighted by molar-refractivity contribution is 6.30. The number of hydrogen-bond donors (Lipinski definition) is 2. The number of benzene rings is 1.